The maximum Gasteiger partial charge on any atom is 0.320 e. The molecule has 2 aromatic rings. The fraction of sp³-hybridized carbons (Fsp3) is 0.304. The molecule has 5 heteroatoms. The fourth-order valence-corrected chi connectivity index (χ4v) is 3.15. The summed E-state index contributed by atoms with van der Waals surface area (Å²) in [6.45, 7) is 4.26. The number of esters is 2. The molecule has 0 saturated carbocycles. The summed E-state index contributed by atoms with van der Waals surface area (Å²) in [6, 6.07) is 17.5. The van der Waals surface area contributed by atoms with Gasteiger partial charge in [-0.15, -0.1) is 0 Å². The SMILES string of the molecule is C=C(c1ccc(OC)cc1)C(Cc1ccccc1)CC(C(=O)OC)C(=O)OC. The lowest BCUT2D eigenvalue weighted by Gasteiger charge is -2.23. The second kappa shape index (κ2) is 10.3. The standard InChI is InChI=1S/C23H26O5/c1-16(18-10-12-20(26-2)13-11-18)19(14-17-8-6-5-7-9-17)15-21(22(24)27-3)23(25)28-4/h5-13,19,21H,1,14-15H2,2-4H3. The zero-order valence-corrected chi connectivity index (χ0v) is 16.5. The molecule has 0 aromatic heterocycles. The molecule has 0 heterocycles. The molecule has 0 amide bonds. The van der Waals surface area contributed by atoms with E-state index in [0.29, 0.717) is 6.42 Å². The average Bonchev–Trinajstić information content (AvgIpc) is 2.75. The van der Waals surface area contributed by atoms with Gasteiger partial charge < -0.3 is 14.2 Å². The van der Waals surface area contributed by atoms with Gasteiger partial charge in [0.15, 0.2) is 5.92 Å². The predicted octanol–water partition coefficient (Wildman–Crippen LogP) is 3.92. The van der Waals surface area contributed by atoms with Crippen molar-refractivity contribution in [1.29, 1.82) is 0 Å². The maximum atomic E-state index is 12.2. The zero-order chi connectivity index (χ0) is 20.5. The Morgan fingerprint density at radius 1 is 0.893 bits per heavy atom. The van der Waals surface area contributed by atoms with Crippen LogP contribution in [-0.2, 0) is 25.5 Å². The minimum absolute atomic E-state index is 0.154. The molecule has 0 spiro atoms. The number of carbonyl (C=O) groups excluding carboxylic acids is 2. The van der Waals surface area contributed by atoms with Crippen LogP contribution in [0.15, 0.2) is 61.2 Å². The molecular weight excluding hydrogens is 356 g/mol. The Balaban J connectivity index is 2.32. The van der Waals surface area contributed by atoms with Gasteiger partial charge in [-0.2, -0.15) is 0 Å². The van der Waals surface area contributed by atoms with Crippen LogP contribution < -0.4 is 4.74 Å². The number of rotatable bonds is 9. The lowest BCUT2D eigenvalue weighted by Crippen LogP contribution is -2.29. The highest BCUT2D eigenvalue weighted by Crippen LogP contribution is 2.32. The van der Waals surface area contributed by atoms with Gasteiger partial charge in [-0.1, -0.05) is 49.0 Å². The highest BCUT2D eigenvalue weighted by atomic mass is 16.5. The Hall–Kier alpha value is -3.08. The average molecular weight is 382 g/mol. The second-order valence-electron chi connectivity index (χ2n) is 6.47. The molecular formula is C23H26O5. The van der Waals surface area contributed by atoms with Crippen molar-refractivity contribution in [3.63, 3.8) is 0 Å². The molecule has 0 aliphatic heterocycles. The van der Waals surface area contributed by atoms with Gasteiger partial charge >= 0.3 is 11.9 Å². The first-order chi connectivity index (χ1) is 13.5. The Morgan fingerprint density at radius 2 is 1.46 bits per heavy atom. The summed E-state index contributed by atoms with van der Waals surface area (Å²) in [5, 5.41) is 0. The van der Waals surface area contributed by atoms with E-state index in [1.807, 2.05) is 54.6 Å². The van der Waals surface area contributed by atoms with Gasteiger partial charge in [0.1, 0.15) is 5.75 Å². The van der Waals surface area contributed by atoms with E-state index in [-0.39, 0.29) is 12.3 Å². The molecule has 2 rings (SSSR count). The summed E-state index contributed by atoms with van der Waals surface area (Å²) < 4.78 is 14.8. The van der Waals surface area contributed by atoms with Crippen LogP contribution in [0.2, 0.25) is 0 Å². The number of benzene rings is 2. The molecule has 1 unspecified atom stereocenters. The third-order valence-electron chi connectivity index (χ3n) is 4.77. The van der Waals surface area contributed by atoms with Crippen LogP contribution >= 0.6 is 0 Å². The van der Waals surface area contributed by atoms with Crippen molar-refractivity contribution < 1.29 is 23.8 Å². The highest BCUT2D eigenvalue weighted by Gasteiger charge is 2.32. The molecule has 0 radical (unpaired) electrons. The topological polar surface area (TPSA) is 61.8 Å². The van der Waals surface area contributed by atoms with Crippen LogP contribution in [0.3, 0.4) is 0 Å². The Morgan fingerprint density at radius 3 is 1.96 bits per heavy atom. The molecule has 0 aliphatic carbocycles. The summed E-state index contributed by atoms with van der Waals surface area (Å²) in [5.74, 6) is -1.62. The lowest BCUT2D eigenvalue weighted by molar-refractivity contribution is -0.159. The molecule has 0 fully saturated rings. The lowest BCUT2D eigenvalue weighted by atomic mass is 9.82. The molecule has 28 heavy (non-hydrogen) atoms. The first-order valence-electron chi connectivity index (χ1n) is 9.03. The zero-order valence-electron chi connectivity index (χ0n) is 16.5. The van der Waals surface area contributed by atoms with Crippen molar-refractivity contribution in [3.8, 4) is 5.75 Å². The van der Waals surface area contributed by atoms with E-state index in [0.717, 1.165) is 22.4 Å². The third kappa shape index (κ3) is 5.46. The van der Waals surface area contributed by atoms with Crippen LogP contribution in [-0.4, -0.2) is 33.3 Å². The molecule has 0 bridgehead atoms. The quantitative estimate of drug-likeness (QED) is 0.486. The van der Waals surface area contributed by atoms with E-state index < -0.39 is 17.9 Å². The number of hydrogen-bond donors (Lipinski definition) is 0. The van der Waals surface area contributed by atoms with E-state index in [4.69, 9.17) is 14.2 Å². The molecule has 0 N–H and O–H groups in total. The van der Waals surface area contributed by atoms with E-state index in [2.05, 4.69) is 6.58 Å². The van der Waals surface area contributed by atoms with Crippen molar-refractivity contribution in [2.75, 3.05) is 21.3 Å². The van der Waals surface area contributed by atoms with Gasteiger partial charge in [0.05, 0.1) is 21.3 Å². The summed E-state index contributed by atoms with van der Waals surface area (Å²) in [7, 11) is 4.14. The van der Waals surface area contributed by atoms with Crippen LogP contribution in [0.25, 0.3) is 5.57 Å². The number of ether oxygens (including phenoxy) is 3. The van der Waals surface area contributed by atoms with E-state index in [9.17, 15) is 9.59 Å². The Kier molecular flexibility index (Phi) is 7.81. The fourth-order valence-electron chi connectivity index (χ4n) is 3.15. The monoisotopic (exact) mass is 382 g/mol. The van der Waals surface area contributed by atoms with Crippen molar-refractivity contribution in [2.45, 2.75) is 12.8 Å². The van der Waals surface area contributed by atoms with Gasteiger partial charge in [0.2, 0.25) is 0 Å². The minimum Gasteiger partial charge on any atom is -0.497 e. The van der Waals surface area contributed by atoms with Crippen LogP contribution in [0.1, 0.15) is 17.5 Å². The summed E-state index contributed by atoms with van der Waals surface area (Å²) in [4.78, 5) is 24.3. The molecule has 2 aromatic carbocycles. The Labute approximate surface area is 165 Å². The van der Waals surface area contributed by atoms with Crippen molar-refractivity contribution in [1.82, 2.24) is 0 Å². The van der Waals surface area contributed by atoms with Gasteiger partial charge in [0.25, 0.3) is 0 Å². The summed E-state index contributed by atoms with van der Waals surface area (Å²) >= 11 is 0. The van der Waals surface area contributed by atoms with E-state index >= 15 is 0 Å². The molecule has 5 nitrogen and oxygen atoms in total. The van der Waals surface area contributed by atoms with Crippen molar-refractivity contribution in [2.24, 2.45) is 11.8 Å². The maximum absolute atomic E-state index is 12.2. The van der Waals surface area contributed by atoms with Gasteiger partial charge in [-0.25, -0.2) is 0 Å². The molecule has 148 valence electrons. The molecule has 1 atom stereocenters. The predicted molar refractivity (Wildman–Crippen MR) is 108 cm³/mol. The molecule has 0 saturated heterocycles. The largest absolute Gasteiger partial charge is 0.497 e. The van der Waals surface area contributed by atoms with Crippen molar-refractivity contribution >= 4 is 17.5 Å². The van der Waals surface area contributed by atoms with Gasteiger partial charge in [-0.3, -0.25) is 9.59 Å². The highest BCUT2D eigenvalue weighted by molar-refractivity contribution is 5.95. The number of allylic oxidation sites excluding steroid dienone is 1. The van der Waals surface area contributed by atoms with Crippen molar-refractivity contribution in [3.05, 3.63) is 72.3 Å². The van der Waals surface area contributed by atoms with E-state index in [1.165, 1.54) is 14.2 Å². The molecule has 0 aliphatic rings. The number of carbonyl (C=O) groups is 2. The normalized spacial score (nSPS) is 11.6. The van der Waals surface area contributed by atoms with Crippen LogP contribution in [0, 0.1) is 11.8 Å². The van der Waals surface area contributed by atoms with E-state index in [1.54, 1.807) is 7.11 Å². The number of methoxy groups -OCH3 is 3. The third-order valence-corrected chi connectivity index (χ3v) is 4.77. The minimum atomic E-state index is -1.00. The summed E-state index contributed by atoms with van der Waals surface area (Å²) in [5.41, 5.74) is 2.86. The van der Waals surface area contributed by atoms with Gasteiger partial charge in [-0.05, 0) is 47.6 Å². The summed E-state index contributed by atoms with van der Waals surface area (Å²) in [6.07, 6.45) is 0.884. The number of hydrogen-bond acceptors (Lipinski definition) is 5. The first-order valence-corrected chi connectivity index (χ1v) is 9.03. The van der Waals surface area contributed by atoms with Gasteiger partial charge in [0, 0.05) is 0 Å². The second-order valence-corrected chi connectivity index (χ2v) is 6.47. The van der Waals surface area contributed by atoms with Crippen LogP contribution in [0.5, 0.6) is 5.75 Å². The first kappa shape index (κ1) is 21.2. The smallest absolute Gasteiger partial charge is 0.320 e. The van der Waals surface area contributed by atoms with Crippen LogP contribution in [0.4, 0.5) is 0 Å². The Bertz CT molecular complexity index is 780.